The lowest BCUT2D eigenvalue weighted by Crippen LogP contribution is -2.32. The molecule has 0 atom stereocenters. The highest BCUT2D eigenvalue weighted by molar-refractivity contribution is 7.99. The largest absolute Gasteiger partial charge is 0.355 e. The minimum absolute atomic E-state index is 0.0833. The number of carbonyl (C=O) groups excluding carboxylic acids is 2. The van der Waals surface area contributed by atoms with Gasteiger partial charge in [-0.1, -0.05) is 54.1 Å². The molecule has 4 nitrogen and oxygen atoms in total. The molecule has 0 bridgehead atoms. The van der Waals surface area contributed by atoms with Gasteiger partial charge in [0.2, 0.25) is 0 Å². The summed E-state index contributed by atoms with van der Waals surface area (Å²) >= 11 is 7.91. The highest BCUT2D eigenvalue weighted by atomic mass is 35.5. The molecule has 0 aliphatic heterocycles. The van der Waals surface area contributed by atoms with Gasteiger partial charge < -0.3 is 10.2 Å². The van der Waals surface area contributed by atoms with Crippen molar-refractivity contribution in [2.45, 2.75) is 11.4 Å². The Hall–Kier alpha value is -2.76. The first-order valence-corrected chi connectivity index (χ1v) is 11.0. The molecule has 0 fully saturated rings. The van der Waals surface area contributed by atoms with Gasteiger partial charge in [0.25, 0.3) is 11.8 Å². The van der Waals surface area contributed by atoms with Gasteiger partial charge in [0.05, 0.1) is 10.6 Å². The SMILES string of the molecule is CNC(=O)c1ccc(SCCN(Cc2ccccc2)C(=O)c2ccccc2Cl)cc1. The van der Waals surface area contributed by atoms with Gasteiger partial charge in [-0.25, -0.2) is 0 Å². The Labute approximate surface area is 186 Å². The van der Waals surface area contributed by atoms with Crippen LogP contribution < -0.4 is 5.32 Å². The Bertz CT molecular complexity index is 994. The predicted molar refractivity (Wildman–Crippen MR) is 123 cm³/mol. The lowest BCUT2D eigenvalue weighted by molar-refractivity contribution is 0.0754. The maximum atomic E-state index is 13.2. The van der Waals surface area contributed by atoms with Crippen molar-refractivity contribution >= 4 is 35.2 Å². The van der Waals surface area contributed by atoms with Crippen molar-refractivity contribution in [1.82, 2.24) is 10.2 Å². The van der Waals surface area contributed by atoms with Crippen LogP contribution in [-0.2, 0) is 6.54 Å². The van der Waals surface area contributed by atoms with E-state index in [1.807, 2.05) is 59.5 Å². The lowest BCUT2D eigenvalue weighted by Gasteiger charge is -2.23. The van der Waals surface area contributed by atoms with Crippen LogP contribution in [-0.4, -0.2) is 36.1 Å². The standard InChI is InChI=1S/C24H23ClN2O2S/c1-26-23(28)19-11-13-20(14-12-19)30-16-15-27(17-18-7-3-2-4-8-18)24(29)21-9-5-6-10-22(21)25/h2-14H,15-17H2,1H3,(H,26,28). The third-order valence-electron chi connectivity index (χ3n) is 4.58. The molecule has 0 aliphatic carbocycles. The summed E-state index contributed by atoms with van der Waals surface area (Å²) in [5, 5.41) is 3.07. The number of thioether (sulfide) groups is 1. The fourth-order valence-corrected chi connectivity index (χ4v) is 4.07. The summed E-state index contributed by atoms with van der Waals surface area (Å²) in [5.41, 5.74) is 2.20. The first-order valence-electron chi connectivity index (χ1n) is 9.61. The van der Waals surface area contributed by atoms with Gasteiger partial charge in [-0.05, 0) is 42.0 Å². The van der Waals surface area contributed by atoms with E-state index < -0.39 is 0 Å². The van der Waals surface area contributed by atoms with Crippen molar-refractivity contribution in [3.05, 3.63) is 101 Å². The Morgan fingerprint density at radius 3 is 2.27 bits per heavy atom. The molecule has 0 aliphatic rings. The number of nitrogens with zero attached hydrogens (tertiary/aromatic N) is 1. The molecule has 0 saturated heterocycles. The van der Waals surface area contributed by atoms with Crippen LogP contribution in [0.5, 0.6) is 0 Å². The van der Waals surface area contributed by atoms with Gasteiger partial charge >= 0.3 is 0 Å². The maximum absolute atomic E-state index is 13.2. The third kappa shape index (κ3) is 5.88. The fraction of sp³-hybridized carbons (Fsp3) is 0.167. The second-order valence-electron chi connectivity index (χ2n) is 6.64. The minimum Gasteiger partial charge on any atom is -0.355 e. The third-order valence-corrected chi connectivity index (χ3v) is 5.90. The number of benzene rings is 3. The zero-order valence-electron chi connectivity index (χ0n) is 16.7. The average Bonchev–Trinajstić information content (AvgIpc) is 2.79. The molecule has 0 radical (unpaired) electrons. The lowest BCUT2D eigenvalue weighted by atomic mass is 10.1. The Morgan fingerprint density at radius 2 is 1.60 bits per heavy atom. The van der Waals surface area contributed by atoms with Gasteiger partial charge in [0, 0.05) is 36.3 Å². The molecule has 3 aromatic rings. The average molecular weight is 439 g/mol. The van der Waals surface area contributed by atoms with Gasteiger partial charge in [0.15, 0.2) is 0 Å². The fourth-order valence-electron chi connectivity index (χ4n) is 2.98. The molecule has 0 heterocycles. The van der Waals surface area contributed by atoms with Crippen molar-refractivity contribution in [2.24, 2.45) is 0 Å². The molecule has 3 rings (SSSR count). The zero-order valence-corrected chi connectivity index (χ0v) is 18.2. The summed E-state index contributed by atoms with van der Waals surface area (Å²) in [6, 6.07) is 24.5. The normalized spacial score (nSPS) is 10.5. The molecule has 0 aromatic heterocycles. The van der Waals surface area contributed by atoms with Crippen molar-refractivity contribution < 1.29 is 9.59 Å². The van der Waals surface area contributed by atoms with Gasteiger partial charge in [-0.15, -0.1) is 11.8 Å². The summed E-state index contributed by atoms with van der Waals surface area (Å²) in [4.78, 5) is 27.7. The summed E-state index contributed by atoms with van der Waals surface area (Å²) < 4.78 is 0. The van der Waals surface area contributed by atoms with Crippen LogP contribution in [0.15, 0.2) is 83.8 Å². The van der Waals surface area contributed by atoms with E-state index in [2.05, 4.69) is 5.32 Å². The quantitative estimate of drug-likeness (QED) is 0.496. The summed E-state index contributed by atoms with van der Waals surface area (Å²) in [5.74, 6) is 0.536. The molecule has 154 valence electrons. The second-order valence-corrected chi connectivity index (χ2v) is 8.22. The van der Waals surface area contributed by atoms with E-state index in [1.165, 1.54) is 0 Å². The van der Waals surface area contributed by atoms with E-state index in [1.54, 1.807) is 43.1 Å². The molecule has 30 heavy (non-hydrogen) atoms. The van der Waals surface area contributed by atoms with Crippen molar-refractivity contribution in [3.63, 3.8) is 0 Å². The molecule has 6 heteroatoms. The van der Waals surface area contributed by atoms with E-state index >= 15 is 0 Å². The number of halogens is 1. The Balaban J connectivity index is 1.68. The number of rotatable bonds is 8. The molecule has 0 spiro atoms. The summed E-state index contributed by atoms with van der Waals surface area (Å²) in [6.07, 6.45) is 0. The number of hydrogen-bond acceptors (Lipinski definition) is 3. The molecule has 2 amide bonds. The van der Waals surface area contributed by atoms with Gasteiger partial charge in [-0.3, -0.25) is 9.59 Å². The first-order chi connectivity index (χ1) is 14.6. The van der Waals surface area contributed by atoms with Crippen LogP contribution in [0.4, 0.5) is 0 Å². The van der Waals surface area contributed by atoms with Crippen molar-refractivity contribution in [2.75, 3.05) is 19.3 Å². The van der Waals surface area contributed by atoms with Crippen LogP contribution in [0.2, 0.25) is 5.02 Å². The van der Waals surface area contributed by atoms with Crippen LogP contribution in [0.3, 0.4) is 0 Å². The van der Waals surface area contributed by atoms with Crippen molar-refractivity contribution in [1.29, 1.82) is 0 Å². The minimum atomic E-state index is -0.106. The molecular formula is C24H23ClN2O2S. The summed E-state index contributed by atoms with van der Waals surface area (Å²) in [6.45, 7) is 1.09. The van der Waals surface area contributed by atoms with Gasteiger partial charge in [-0.2, -0.15) is 0 Å². The van der Waals surface area contributed by atoms with E-state index in [0.29, 0.717) is 29.2 Å². The van der Waals surface area contributed by atoms with E-state index in [-0.39, 0.29) is 11.8 Å². The molecule has 0 saturated carbocycles. The molecule has 1 N–H and O–H groups in total. The first kappa shape index (κ1) is 21.9. The Kier molecular flexibility index (Phi) is 7.94. The highest BCUT2D eigenvalue weighted by Crippen LogP contribution is 2.22. The number of carbonyl (C=O) groups is 2. The van der Waals surface area contributed by atoms with Crippen LogP contribution >= 0.6 is 23.4 Å². The highest BCUT2D eigenvalue weighted by Gasteiger charge is 2.18. The topological polar surface area (TPSA) is 49.4 Å². The molecule has 0 unspecified atom stereocenters. The zero-order chi connectivity index (χ0) is 21.3. The predicted octanol–water partition coefficient (Wildman–Crippen LogP) is 5.13. The summed E-state index contributed by atoms with van der Waals surface area (Å²) in [7, 11) is 1.61. The smallest absolute Gasteiger partial charge is 0.255 e. The molecular weight excluding hydrogens is 416 g/mol. The molecule has 3 aromatic carbocycles. The van der Waals surface area contributed by atoms with E-state index in [0.717, 1.165) is 16.2 Å². The van der Waals surface area contributed by atoms with Crippen LogP contribution in [0.1, 0.15) is 26.3 Å². The maximum Gasteiger partial charge on any atom is 0.255 e. The number of hydrogen-bond donors (Lipinski definition) is 1. The number of amides is 2. The van der Waals surface area contributed by atoms with Crippen LogP contribution in [0, 0.1) is 0 Å². The van der Waals surface area contributed by atoms with E-state index in [9.17, 15) is 9.59 Å². The Morgan fingerprint density at radius 1 is 0.933 bits per heavy atom. The number of nitrogens with one attached hydrogen (secondary N) is 1. The van der Waals surface area contributed by atoms with Crippen molar-refractivity contribution in [3.8, 4) is 0 Å². The van der Waals surface area contributed by atoms with Gasteiger partial charge in [0.1, 0.15) is 0 Å². The monoisotopic (exact) mass is 438 g/mol. The second kappa shape index (κ2) is 10.9. The van der Waals surface area contributed by atoms with E-state index in [4.69, 9.17) is 11.6 Å². The van der Waals surface area contributed by atoms with Crippen LogP contribution in [0.25, 0.3) is 0 Å².